The SMILES string of the molecule is CCn1c(-c2nc(C(=O)Nc3ccc4c(c3)OCCO4)cs2)cc2ccccc21. The Bertz CT molecular complexity index is 1210. The van der Waals surface area contributed by atoms with Gasteiger partial charge in [0.15, 0.2) is 11.5 Å². The van der Waals surface area contributed by atoms with E-state index in [-0.39, 0.29) is 5.91 Å². The fourth-order valence-corrected chi connectivity index (χ4v) is 4.36. The molecule has 2 aromatic carbocycles. The molecule has 0 aliphatic carbocycles. The van der Waals surface area contributed by atoms with Crippen molar-refractivity contribution in [3.8, 4) is 22.2 Å². The number of nitrogens with one attached hydrogen (secondary N) is 1. The summed E-state index contributed by atoms with van der Waals surface area (Å²) in [6.45, 7) is 3.99. The van der Waals surface area contributed by atoms with Crippen molar-refractivity contribution in [1.82, 2.24) is 9.55 Å². The van der Waals surface area contributed by atoms with Crippen LogP contribution in [0.5, 0.6) is 11.5 Å². The van der Waals surface area contributed by atoms with Crippen LogP contribution in [0.4, 0.5) is 5.69 Å². The number of rotatable bonds is 4. The van der Waals surface area contributed by atoms with Gasteiger partial charge in [0, 0.05) is 34.6 Å². The summed E-state index contributed by atoms with van der Waals surface area (Å²) in [6.07, 6.45) is 0. The minimum absolute atomic E-state index is 0.247. The number of para-hydroxylation sites is 1. The number of carbonyl (C=O) groups excluding carboxylic acids is 1. The average Bonchev–Trinajstić information content (AvgIpc) is 3.38. The molecule has 0 saturated heterocycles. The number of aromatic nitrogens is 2. The van der Waals surface area contributed by atoms with E-state index in [4.69, 9.17) is 9.47 Å². The predicted molar refractivity (Wildman–Crippen MR) is 114 cm³/mol. The zero-order valence-electron chi connectivity index (χ0n) is 15.8. The first-order valence-electron chi connectivity index (χ1n) is 9.48. The molecule has 0 saturated carbocycles. The van der Waals surface area contributed by atoms with Crippen LogP contribution in [0.3, 0.4) is 0 Å². The Morgan fingerprint density at radius 1 is 1.14 bits per heavy atom. The first-order valence-corrected chi connectivity index (χ1v) is 10.4. The Hall–Kier alpha value is -3.32. The maximum atomic E-state index is 12.7. The number of aryl methyl sites for hydroxylation is 1. The lowest BCUT2D eigenvalue weighted by molar-refractivity contribution is 0.102. The molecule has 1 aliphatic rings. The molecule has 146 valence electrons. The second-order valence-corrected chi connectivity index (χ2v) is 7.54. The van der Waals surface area contributed by atoms with Crippen molar-refractivity contribution < 1.29 is 14.3 Å². The molecule has 6 nitrogen and oxygen atoms in total. The van der Waals surface area contributed by atoms with Gasteiger partial charge < -0.3 is 19.4 Å². The summed E-state index contributed by atoms with van der Waals surface area (Å²) >= 11 is 1.47. The molecule has 0 radical (unpaired) electrons. The van der Waals surface area contributed by atoms with Gasteiger partial charge in [-0.05, 0) is 31.2 Å². The van der Waals surface area contributed by atoms with Gasteiger partial charge in [-0.2, -0.15) is 0 Å². The van der Waals surface area contributed by atoms with Gasteiger partial charge in [0.1, 0.15) is 23.9 Å². The van der Waals surface area contributed by atoms with Gasteiger partial charge in [0.25, 0.3) is 5.91 Å². The van der Waals surface area contributed by atoms with E-state index in [2.05, 4.69) is 40.0 Å². The molecule has 1 aliphatic heterocycles. The summed E-state index contributed by atoms with van der Waals surface area (Å²) in [5, 5.41) is 6.68. The molecule has 2 aromatic heterocycles. The van der Waals surface area contributed by atoms with Crippen molar-refractivity contribution in [2.24, 2.45) is 0 Å². The van der Waals surface area contributed by atoms with Crippen LogP contribution < -0.4 is 14.8 Å². The Morgan fingerprint density at radius 2 is 1.97 bits per heavy atom. The number of thiazole rings is 1. The van der Waals surface area contributed by atoms with Crippen molar-refractivity contribution in [3.05, 3.63) is 59.6 Å². The summed E-state index contributed by atoms with van der Waals surface area (Å²) in [6, 6.07) is 15.8. The smallest absolute Gasteiger partial charge is 0.275 e. The van der Waals surface area contributed by atoms with Crippen LogP contribution in [0.25, 0.3) is 21.6 Å². The van der Waals surface area contributed by atoms with Gasteiger partial charge >= 0.3 is 0 Å². The molecule has 5 rings (SSSR count). The minimum Gasteiger partial charge on any atom is -0.486 e. The lowest BCUT2D eigenvalue weighted by atomic mass is 10.2. The van der Waals surface area contributed by atoms with Gasteiger partial charge in [-0.3, -0.25) is 4.79 Å². The zero-order chi connectivity index (χ0) is 19.8. The van der Waals surface area contributed by atoms with E-state index >= 15 is 0 Å². The van der Waals surface area contributed by atoms with Crippen molar-refractivity contribution >= 4 is 33.8 Å². The number of ether oxygens (including phenoxy) is 2. The van der Waals surface area contributed by atoms with E-state index in [0.717, 1.165) is 17.2 Å². The fourth-order valence-electron chi connectivity index (χ4n) is 3.54. The van der Waals surface area contributed by atoms with E-state index in [0.29, 0.717) is 36.1 Å². The second kappa shape index (κ2) is 7.25. The summed E-state index contributed by atoms with van der Waals surface area (Å²) in [4.78, 5) is 17.3. The number of hydrogen-bond acceptors (Lipinski definition) is 5. The highest BCUT2D eigenvalue weighted by atomic mass is 32.1. The Labute approximate surface area is 171 Å². The Balaban J connectivity index is 1.41. The molecule has 29 heavy (non-hydrogen) atoms. The van der Waals surface area contributed by atoms with E-state index in [9.17, 15) is 4.79 Å². The maximum Gasteiger partial charge on any atom is 0.275 e. The number of nitrogens with zero attached hydrogens (tertiary/aromatic N) is 2. The molecule has 7 heteroatoms. The topological polar surface area (TPSA) is 65.4 Å². The number of fused-ring (bicyclic) bond motifs is 2. The molecule has 0 unspecified atom stereocenters. The molecule has 0 atom stereocenters. The van der Waals surface area contributed by atoms with Gasteiger partial charge in [-0.15, -0.1) is 11.3 Å². The molecule has 3 heterocycles. The van der Waals surface area contributed by atoms with Crippen LogP contribution in [0.2, 0.25) is 0 Å². The third-order valence-electron chi connectivity index (χ3n) is 4.88. The molecular weight excluding hydrogens is 386 g/mol. The first-order chi connectivity index (χ1) is 14.2. The minimum atomic E-state index is -0.247. The number of amides is 1. The van der Waals surface area contributed by atoms with E-state index in [1.54, 1.807) is 23.6 Å². The van der Waals surface area contributed by atoms with Crippen LogP contribution >= 0.6 is 11.3 Å². The summed E-state index contributed by atoms with van der Waals surface area (Å²) in [5.74, 6) is 1.08. The Morgan fingerprint density at radius 3 is 2.83 bits per heavy atom. The van der Waals surface area contributed by atoms with Gasteiger partial charge in [0.2, 0.25) is 0 Å². The lowest BCUT2D eigenvalue weighted by Gasteiger charge is -2.18. The monoisotopic (exact) mass is 405 g/mol. The molecule has 0 spiro atoms. The average molecular weight is 405 g/mol. The molecule has 0 bridgehead atoms. The van der Waals surface area contributed by atoms with Crippen LogP contribution in [0.1, 0.15) is 17.4 Å². The van der Waals surface area contributed by atoms with Gasteiger partial charge in [-0.25, -0.2) is 4.98 Å². The largest absolute Gasteiger partial charge is 0.486 e. The molecule has 0 fully saturated rings. The normalized spacial score (nSPS) is 12.9. The van der Waals surface area contributed by atoms with Crippen molar-refractivity contribution in [2.75, 3.05) is 18.5 Å². The van der Waals surface area contributed by atoms with Gasteiger partial charge in [0.05, 0.1) is 5.69 Å². The first kappa shape index (κ1) is 17.8. The van der Waals surface area contributed by atoms with Gasteiger partial charge in [-0.1, -0.05) is 18.2 Å². The highest BCUT2D eigenvalue weighted by Crippen LogP contribution is 2.33. The molecule has 4 aromatic rings. The van der Waals surface area contributed by atoms with E-state index in [1.807, 2.05) is 12.1 Å². The fraction of sp³-hybridized carbons (Fsp3) is 0.182. The summed E-state index contributed by atoms with van der Waals surface area (Å²) < 4.78 is 13.3. The predicted octanol–water partition coefficient (Wildman–Crippen LogP) is 4.81. The van der Waals surface area contributed by atoms with Crippen molar-refractivity contribution in [3.63, 3.8) is 0 Å². The number of anilines is 1. The van der Waals surface area contributed by atoms with Crippen LogP contribution in [-0.2, 0) is 6.54 Å². The number of carbonyl (C=O) groups is 1. The zero-order valence-corrected chi connectivity index (χ0v) is 16.7. The van der Waals surface area contributed by atoms with Crippen molar-refractivity contribution in [2.45, 2.75) is 13.5 Å². The quantitative estimate of drug-likeness (QED) is 0.529. The standard InChI is InChI=1S/C22H19N3O3S/c1-2-25-17-6-4-3-5-14(17)11-18(25)22-24-16(13-29-22)21(26)23-15-7-8-19-20(12-15)28-10-9-27-19/h3-8,11-13H,2,9-10H2,1H3,(H,23,26). The van der Waals surface area contributed by atoms with Crippen LogP contribution in [-0.4, -0.2) is 28.7 Å². The second-order valence-electron chi connectivity index (χ2n) is 6.68. The number of benzene rings is 2. The third kappa shape index (κ3) is 3.23. The summed E-state index contributed by atoms with van der Waals surface area (Å²) in [7, 11) is 0. The number of hydrogen-bond donors (Lipinski definition) is 1. The summed E-state index contributed by atoms with van der Waals surface area (Å²) in [5.41, 5.74) is 3.24. The maximum absolute atomic E-state index is 12.7. The van der Waals surface area contributed by atoms with Crippen LogP contribution in [0, 0.1) is 0 Å². The Kier molecular flexibility index (Phi) is 4.44. The van der Waals surface area contributed by atoms with E-state index in [1.165, 1.54) is 22.2 Å². The third-order valence-corrected chi connectivity index (χ3v) is 5.75. The van der Waals surface area contributed by atoms with Crippen LogP contribution in [0.15, 0.2) is 53.9 Å². The molecular formula is C22H19N3O3S. The lowest BCUT2D eigenvalue weighted by Crippen LogP contribution is -2.16. The van der Waals surface area contributed by atoms with E-state index < -0.39 is 0 Å². The molecule has 1 N–H and O–H groups in total. The van der Waals surface area contributed by atoms with Crippen molar-refractivity contribution in [1.29, 1.82) is 0 Å². The highest BCUT2D eigenvalue weighted by molar-refractivity contribution is 7.13. The molecule has 1 amide bonds. The highest BCUT2D eigenvalue weighted by Gasteiger charge is 2.17.